The lowest BCUT2D eigenvalue weighted by atomic mass is 10.2. The van der Waals surface area contributed by atoms with Gasteiger partial charge >= 0.3 is 0 Å². The molecule has 2 unspecified atom stereocenters. The average Bonchev–Trinajstić information content (AvgIpc) is 2.59. The van der Waals surface area contributed by atoms with Crippen LogP contribution in [0.3, 0.4) is 0 Å². The third-order valence-corrected chi connectivity index (χ3v) is 2.42. The molecule has 2 nitrogen and oxygen atoms in total. The van der Waals surface area contributed by atoms with Gasteiger partial charge in [0.2, 0.25) is 0 Å². The Labute approximate surface area is 66.6 Å². The summed E-state index contributed by atoms with van der Waals surface area (Å²) in [5.74, 6) is 2.53. The summed E-state index contributed by atoms with van der Waals surface area (Å²) in [7, 11) is 0. The van der Waals surface area contributed by atoms with Gasteiger partial charge in [-0.3, -0.25) is 0 Å². The van der Waals surface area contributed by atoms with Crippen LogP contribution in [-0.2, 0) is 6.42 Å². The van der Waals surface area contributed by atoms with Crippen molar-refractivity contribution in [1.82, 2.24) is 5.16 Å². The van der Waals surface area contributed by atoms with Gasteiger partial charge in [-0.05, 0) is 12.3 Å². The Morgan fingerprint density at radius 3 is 2.91 bits per heavy atom. The van der Waals surface area contributed by atoms with Crippen LogP contribution in [0, 0.1) is 5.92 Å². The van der Waals surface area contributed by atoms with Crippen LogP contribution < -0.4 is 0 Å². The van der Waals surface area contributed by atoms with Gasteiger partial charge in [-0.2, -0.15) is 0 Å². The topological polar surface area (TPSA) is 26.0 Å². The summed E-state index contributed by atoms with van der Waals surface area (Å²) < 4.78 is 5.11. The Morgan fingerprint density at radius 2 is 2.45 bits per heavy atom. The second-order valence-corrected chi connectivity index (χ2v) is 3.39. The first-order chi connectivity index (χ1) is 5.31. The van der Waals surface area contributed by atoms with Crippen LogP contribution in [0.4, 0.5) is 0 Å². The highest BCUT2D eigenvalue weighted by molar-refractivity contribution is 5.17. The van der Waals surface area contributed by atoms with Crippen molar-refractivity contribution in [2.45, 2.75) is 32.6 Å². The molecule has 0 aromatic carbocycles. The maximum atomic E-state index is 5.11. The smallest absolute Gasteiger partial charge is 0.136 e. The Morgan fingerprint density at radius 1 is 1.73 bits per heavy atom. The first-order valence-corrected chi connectivity index (χ1v) is 4.26. The van der Waals surface area contributed by atoms with Gasteiger partial charge < -0.3 is 4.52 Å². The van der Waals surface area contributed by atoms with E-state index in [-0.39, 0.29) is 0 Å². The first kappa shape index (κ1) is 6.89. The molecule has 0 saturated heterocycles. The quantitative estimate of drug-likeness (QED) is 0.648. The van der Waals surface area contributed by atoms with E-state index in [0.29, 0.717) is 5.92 Å². The van der Waals surface area contributed by atoms with Crippen LogP contribution in [-0.4, -0.2) is 5.16 Å². The lowest BCUT2D eigenvalue weighted by Crippen LogP contribution is -1.78. The minimum atomic E-state index is 0.694. The Bertz CT molecular complexity index is 254. The molecule has 1 heterocycles. The van der Waals surface area contributed by atoms with Crippen LogP contribution in [0.2, 0.25) is 0 Å². The second kappa shape index (κ2) is 2.36. The third-order valence-electron chi connectivity index (χ3n) is 2.42. The Kier molecular flexibility index (Phi) is 1.48. The largest absolute Gasteiger partial charge is 0.361 e. The normalized spacial score (nSPS) is 28.9. The summed E-state index contributed by atoms with van der Waals surface area (Å²) in [4.78, 5) is 0. The maximum Gasteiger partial charge on any atom is 0.136 e. The summed E-state index contributed by atoms with van der Waals surface area (Å²) in [6, 6.07) is 2.09. The maximum absolute atomic E-state index is 5.11. The molecule has 60 valence electrons. The van der Waals surface area contributed by atoms with E-state index in [1.165, 1.54) is 6.42 Å². The molecule has 2 atom stereocenters. The fourth-order valence-electron chi connectivity index (χ4n) is 1.40. The SMILES string of the molecule is CCc1cc(C2CC2C)no1. The predicted molar refractivity (Wildman–Crippen MR) is 42.4 cm³/mol. The minimum absolute atomic E-state index is 0.694. The van der Waals surface area contributed by atoms with E-state index in [2.05, 4.69) is 25.1 Å². The molecule has 11 heavy (non-hydrogen) atoms. The van der Waals surface area contributed by atoms with E-state index < -0.39 is 0 Å². The van der Waals surface area contributed by atoms with Crippen molar-refractivity contribution in [3.8, 4) is 0 Å². The van der Waals surface area contributed by atoms with Gasteiger partial charge in [0.25, 0.3) is 0 Å². The van der Waals surface area contributed by atoms with Gasteiger partial charge in [-0.25, -0.2) is 0 Å². The van der Waals surface area contributed by atoms with Gasteiger partial charge in [-0.15, -0.1) is 0 Å². The molecule has 0 amide bonds. The summed E-state index contributed by atoms with van der Waals surface area (Å²) in [5.41, 5.74) is 1.16. The molecule has 0 N–H and O–H groups in total. The standard InChI is InChI=1S/C9H13NO/c1-3-7-5-9(10-11-7)8-4-6(8)2/h5-6,8H,3-4H2,1-2H3. The van der Waals surface area contributed by atoms with E-state index in [0.717, 1.165) is 23.8 Å². The predicted octanol–water partition coefficient (Wildman–Crippen LogP) is 2.36. The lowest BCUT2D eigenvalue weighted by Gasteiger charge is -1.83. The third kappa shape index (κ3) is 1.17. The highest BCUT2D eigenvalue weighted by Crippen LogP contribution is 2.46. The first-order valence-electron chi connectivity index (χ1n) is 4.26. The molecule has 1 aromatic rings. The van der Waals surface area contributed by atoms with Crippen molar-refractivity contribution >= 4 is 0 Å². The molecule has 2 rings (SSSR count). The highest BCUT2D eigenvalue weighted by atomic mass is 16.5. The lowest BCUT2D eigenvalue weighted by molar-refractivity contribution is 0.380. The van der Waals surface area contributed by atoms with Crippen LogP contribution in [0.1, 0.15) is 37.6 Å². The molecule has 0 spiro atoms. The van der Waals surface area contributed by atoms with E-state index in [1.54, 1.807) is 0 Å². The van der Waals surface area contributed by atoms with Crippen molar-refractivity contribution in [3.63, 3.8) is 0 Å². The number of aromatic nitrogens is 1. The number of rotatable bonds is 2. The average molecular weight is 151 g/mol. The zero-order chi connectivity index (χ0) is 7.84. The zero-order valence-corrected chi connectivity index (χ0v) is 7.00. The van der Waals surface area contributed by atoms with Crippen LogP contribution in [0.15, 0.2) is 10.6 Å². The summed E-state index contributed by atoms with van der Waals surface area (Å²) in [6.45, 7) is 4.34. The molecule has 1 aliphatic rings. The summed E-state index contributed by atoms with van der Waals surface area (Å²) >= 11 is 0. The van der Waals surface area contributed by atoms with Crippen LogP contribution in [0.5, 0.6) is 0 Å². The van der Waals surface area contributed by atoms with E-state index in [1.807, 2.05) is 0 Å². The van der Waals surface area contributed by atoms with Crippen molar-refractivity contribution in [3.05, 3.63) is 17.5 Å². The van der Waals surface area contributed by atoms with Crippen molar-refractivity contribution in [1.29, 1.82) is 0 Å². The fourth-order valence-corrected chi connectivity index (χ4v) is 1.40. The van der Waals surface area contributed by atoms with Crippen LogP contribution >= 0.6 is 0 Å². The van der Waals surface area contributed by atoms with Gasteiger partial charge in [0.1, 0.15) is 5.76 Å². The van der Waals surface area contributed by atoms with Gasteiger partial charge in [0.15, 0.2) is 0 Å². The minimum Gasteiger partial charge on any atom is -0.361 e. The number of hydrogen-bond acceptors (Lipinski definition) is 2. The molecular weight excluding hydrogens is 138 g/mol. The number of nitrogens with zero attached hydrogens (tertiary/aromatic N) is 1. The molecular formula is C9H13NO. The monoisotopic (exact) mass is 151 g/mol. The van der Waals surface area contributed by atoms with Crippen molar-refractivity contribution in [2.75, 3.05) is 0 Å². The molecule has 1 saturated carbocycles. The molecule has 0 bridgehead atoms. The van der Waals surface area contributed by atoms with Crippen LogP contribution in [0.25, 0.3) is 0 Å². The summed E-state index contributed by atoms with van der Waals surface area (Å²) in [5, 5.41) is 4.02. The molecule has 0 radical (unpaired) electrons. The van der Waals surface area contributed by atoms with Gasteiger partial charge in [-0.1, -0.05) is 19.0 Å². The summed E-state index contributed by atoms with van der Waals surface area (Å²) in [6.07, 6.45) is 2.24. The molecule has 1 aromatic heterocycles. The van der Waals surface area contributed by atoms with Gasteiger partial charge in [0.05, 0.1) is 5.69 Å². The Hall–Kier alpha value is -0.790. The van der Waals surface area contributed by atoms with E-state index in [9.17, 15) is 0 Å². The molecule has 1 aliphatic carbocycles. The molecule has 1 fully saturated rings. The fraction of sp³-hybridized carbons (Fsp3) is 0.667. The van der Waals surface area contributed by atoms with Gasteiger partial charge in [0, 0.05) is 18.4 Å². The van der Waals surface area contributed by atoms with E-state index >= 15 is 0 Å². The molecule has 2 heteroatoms. The highest BCUT2D eigenvalue weighted by Gasteiger charge is 2.36. The number of hydrogen-bond donors (Lipinski definition) is 0. The van der Waals surface area contributed by atoms with Crippen molar-refractivity contribution < 1.29 is 4.52 Å². The second-order valence-electron chi connectivity index (χ2n) is 3.39. The van der Waals surface area contributed by atoms with E-state index in [4.69, 9.17) is 4.52 Å². The zero-order valence-electron chi connectivity index (χ0n) is 7.00. The molecule has 0 aliphatic heterocycles. The number of aryl methyl sites for hydroxylation is 1. The van der Waals surface area contributed by atoms with Crippen molar-refractivity contribution in [2.24, 2.45) is 5.92 Å². The Balaban J connectivity index is 2.13.